The highest BCUT2D eigenvalue weighted by molar-refractivity contribution is 5.93. The molecule has 36 heavy (non-hydrogen) atoms. The van der Waals surface area contributed by atoms with Crippen LogP contribution in [0.2, 0.25) is 0 Å². The van der Waals surface area contributed by atoms with Crippen molar-refractivity contribution in [1.82, 2.24) is 0 Å². The number of ketones is 1. The van der Waals surface area contributed by atoms with E-state index in [-0.39, 0.29) is 29.6 Å². The number of benzene rings is 1. The summed E-state index contributed by atoms with van der Waals surface area (Å²) >= 11 is 0. The highest BCUT2D eigenvalue weighted by Gasteiger charge is 2.39. The van der Waals surface area contributed by atoms with Gasteiger partial charge in [0.2, 0.25) is 0 Å². The molecule has 5 unspecified atom stereocenters. The number of carbonyl (C=O) groups excluding carboxylic acids is 2. The first-order chi connectivity index (χ1) is 17.2. The second kappa shape index (κ2) is 11.2. The van der Waals surface area contributed by atoms with Crippen molar-refractivity contribution < 1.29 is 24.2 Å². The normalized spacial score (nSPS) is 29.7. The van der Waals surface area contributed by atoms with Crippen LogP contribution in [-0.4, -0.2) is 36.4 Å². The van der Waals surface area contributed by atoms with Crippen molar-refractivity contribution in [3.8, 4) is 0 Å². The van der Waals surface area contributed by atoms with E-state index in [1.807, 2.05) is 13.0 Å². The van der Waals surface area contributed by atoms with Gasteiger partial charge in [-0.3, -0.25) is 4.79 Å². The smallest absolute Gasteiger partial charge is 0.329 e. The fraction of sp³-hybridized carbons (Fsp3) is 0.581. The Morgan fingerprint density at radius 3 is 2.56 bits per heavy atom. The van der Waals surface area contributed by atoms with Crippen LogP contribution < -0.4 is 0 Å². The molecule has 1 aromatic carbocycles. The summed E-state index contributed by atoms with van der Waals surface area (Å²) in [7, 11) is 0. The number of allylic oxidation sites excluding steroid dienone is 4. The Balaban J connectivity index is 1.70. The van der Waals surface area contributed by atoms with Crippen LogP contribution in [-0.2, 0) is 19.1 Å². The standard InChI is InChI=1S/C31H40O5/c1-20-12-14-31(3,19-32)15-13-28(30-26(20)10-8-24-16-25(33)9-11-27(24)30)23-6-4-22(5-7-23)21(2)17-36-18-29(34)35/h4-7,16,19-21,26,28H,8-15,17-18H2,1-3H3,(H,34,35). The minimum atomic E-state index is -0.955. The first-order valence-corrected chi connectivity index (χ1v) is 13.5. The van der Waals surface area contributed by atoms with Crippen molar-refractivity contribution in [3.05, 3.63) is 58.2 Å². The van der Waals surface area contributed by atoms with Crippen LogP contribution in [0.4, 0.5) is 0 Å². The van der Waals surface area contributed by atoms with Gasteiger partial charge in [0.15, 0.2) is 5.78 Å². The predicted octanol–water partition coefficient (Wildman–Crippen LogP) is 6.39. The lowest BCUT2D eigenvalue weighted by molar-refractivity contribution is -0.142. The lowest BCUT2D eigenvalue weighted by atomic mass is 9.65. The summed E-state index contributed by atoms with van der Waals surface area (Å²) in [4.78, 5) is 35.1. The average Bonchev–Trinajstić information content (AvgIpc) is 2.92. The zero-order valence-corrected chi connectivity index (χ0v) is 21.9. The Bertz CT molecular complexity index is 1050. The molecule has 5 nitrogen and oxygen atoms in total. The number of hydrogen-bond donors (Lipinski definition) is 1. The maximum Gasteiger partial charge on any atom is 0.329 e. The van der Waals surface area contributed by atoms with E-state index < -0.39 is 5.97 Å². The summed E-state index contributed by atoms with van der Waals surface area (Å²) in [6.45, 7) is 6.59. The number of carboxylic acid groups (broad SMARTS) is 1. The second-order valence-corrected chi connectivity index (χ2v) is 11.6. The number of rotatable bonds is 7. The molecule has 0 radical (unpaired) electrons. The zero-order valence-electron chi connectivity index (χ0n) is 21.9. The van der Waals surface area contributed by atoms with Crippen LogP contribution in [0.5, 0.6) is 0 Å². The topological polar surface area (TPSA) is 80.7 Å². The van der Waals surface area contributed by atoms with Crippen LogP contribution in [0.1, 0.15) is 95.1 Å². The number of aliphatic carboxylic acids is 1. The molecule has 0 aliphatic heterocycles. The van der Waals surface area contributed by atoms with E-state index in [9.17, 15) is 14.4 Å². The van der Waals surface area contributed by atoms with Crippen LogP contribution in [0.3, 0.4) is 0 Å². The molecule has 1 fully saturated rings. The monoisotopic (exact) mass is 492 g/mol. The molecule has 4 rings (SSSR count). The minimum absolute atomic E-state index is 0.0978. The Labute approximate surface area is 215 Å². The van der Waals surface area contributed by atoms with Crippen LogP contribution in [0.25, 0.3) is 0 Å². The molecular weight excluding hydrogens is 452 g/mol. The molecule has 0 amide bonds. The van der Waals surface area contributed by atoms with E-state index in [1.165, 1.54) is 28.6 Å². The lowest BCUT2D eigenvalue weighted by Crippen LogP contribution is -2.26. The van der Waals surface area contributed by atoms with Gasteiger partial charge in [0.25, 0.3) is 0 Å². The average molecular weight is 493 g/mol. The zero-order chi connectivity index (χ0) is 25.9. The third-order valence-corrected chi connectivity index (χ3v) is 8.84. The minimum Gasteiger partial charge on any atom is -0.480 e. The number of carbonyl (C=O) groups is 3. The Kier molecular flexibility index (Phi) is 8.29. The fourth-order valence-electron chi connectivity index (χ4n) is 6.52. The molecule has 1 aromatic rings. The molecule has 194 valence electrons. The van der Waals surface area contributed by atoms with Gasteiger partial charge in [-0.15, -0.1) is 0 Å². The molecule has 1 N–H and O–H groups in total. The number of hydrogen-bond acceptors (Lipinski definition) is 4. The highest BCUT2D eigenvalue weighted by Crippen LogP contribution is 2.51. The molecule has 5 atom stereocenters. The molecule has 3 aliphatic carbocycles. The van der Waals surface area contributed by atoms with Crippen molar-refractivity contribution in [2.75, 3.05) is 13.2 Å². The first-order valence-electron chi connectivity index (χ1n) is 13.5. The van der Waals surface area contributed by atoms with Crippen molar-refractivity contribution >= 4 is 18.0 Å². The molecule has 1 saturated carbocycles. The number of aldehydes is 1. The summed E-state index contributed by atoms with van der Waals surface area (Å²) in [6, 6.07) is 8.71. The summed E-state index contributed by atoms with van der Waals surface area (Å²) in [5, 5.41) is 8.83. The Morgan fingerprint density at radius 2 is 1.86 bits per heavy atom. The van der Waals surface area contributed by atoms with E-state index in [2.05, 4.69) is 38.1 Å². The largest absolute Gasteiger partial charge is 0.480 e. The van der Waals surface area contributed by atoms with Gasteiger partial charge in [-0.1, -0.05) is 50.6 Å². The molecule has 0 spiro atoms. The van der Waals surface area contributed by atoms with Gasteiger partial charge >= 0.3 is 5.97 Å². The summed E-state index contributed by atoms with van der Waals surface area (Å²) in [6.07, 6.45) is 10.3. The van der Waals surface area contributed by atoms with Crippen molar-refractivity contribution in [2.45, 2.75) is 84.0 Å². The summed E-state index contributed by atoms with van der Waals surface area (Å²) in [5.74, 6) is 0.598. The molecule has 0 aromatic heterocycles. The maximum atomic E-state index is 12.2. The molecule has 3 aliphatic rings. The van der Waals surface area contributed by atoms with Crippen LogP contribution in [0, 0.1) is 17.3 Å². The molecule has 0 heterocycles. The second-order valence-electron chi connectivity index (χ2n) is 11.6. The summed E-state index contributed by atoms with van der Waals surface area (Å²) < 4.78 is 5.31. The number of fused-ring (bicyclic) bond motifs is 2. The van der Waals surface area contributed by atoms with Gasteiger partial charge in [-0.25, -0.2) is 4.79 Å². The number of carboxylic acids is 1. The van der Waals surface area contributed by atoms with Crippen LogP contribution >= 0.6 is 0 Å². The predicted molar refractivity (Wildman–Crippen MR) is 140 cm³/mol. The summed E-state index contributed by atoms with van der Waals surface area (Å²) in [5.41, 5.74) is 6.27. The first kappa shape index (κ1) is 26.5. The van der Waals surface area contributed by atoms with Crippen molar-refractivity contribution in [2.24, 2.45) is 17.3 Å². The fourth-order valence-corrected chi connectivity index (χ4v) is 6.52. The van der Waals surface area contributed by atoms with E-state index in [4.69, 9.17) is 9.84 Å². The molecule has 0 saturated heterocycles. The van der Waals surface area contributed by atoms with E-state index in [0.29, 0.717) is 24.9 Å². The van der Waals surface area contributed by atoms with E-state index >= 15 is 0 Å². The Morgan fingerprint density at radius 1 is 1.14 bits per heavy atom. The van der Waals surface area contributed by atoms with E-state index in [1.54, 1.807) is 0 Å². The highest BCUT2D eigenvalue weighted by atomic mass is 16.5. The quantitative estimate of drug-likeness (QED) is 0.446. The van der Waals surface area contributed by atoms with Gasteiger partial charge in [0, 0.05) is 23.7 Å². The molecule has 5 heteroatoms. The number of ether oxygens (including phenoxy) is 1. The van der Waals surface area contributed by atoms with Gasteiger partial charge in [0.1, 0.15) is 12.9 Å². The maximum absolute atomic E-state index is 12.2. The molecular formula is C31H40O5. The van der Waals surface area contributed by atoms with Gasteiger partial charge in [-0.2, -0.15) is 0 Å². The molecule has 0 bridgehead atoms. The van der Waals surface area contributed by atoms with Crippen molar-refractivity contribution in [1.29, 1.82) is 0 Å². The van der Waals surface area contributed by atoms with Gasteiger partial charge in [0.05, 0.1) is 6.61 Å². The Hall–Kier alpha value is -2.53. The third-order valence-electron chi connectivity index (χ3n) is 8.84. The lowest BCUT2D eigenvalue weighted by Gasteiger charge is -2.39. The van der Waals surface area contributed by atoms with E-state index in [0.717, 1.165) is 50.5 Å². The van der Waals surface area contributed by atoms with Crippen molar-refractivity contribution in [3.63, 3.8) is 0 Å². The SMILES string of the molecule is CC(COCC(=O)O)c1ccc(C2CCC(C)(C=O)CCC(C)C3CCC4=CC(=O)CCC4=C23)cc1. The van der Waals surface area contributed by atoms with Gasteiger partial charge in [-0.05, 0) is 85.1 Å². The van der Waals surface area contributed by atoms with Crippen LogP contribution in [0.15, 0.2) is 47.1 Å². The van der Waals surface area contributed by atoms with Gasteiger partial charge < -0.3 is 14.6 Å². The third kappa shape index (κ3) is 5.88.